The van der Waals surface area contributed by atoms with Crippen molar-refractivity contribution in [2.24, 2.45) is 0 Å². The first-order valence-electron chi connectivity index (χ1n) is 6.81. The van der Waals surface area contributed by atoms with Gasteiger partial charge in [-0.05, 0) is 49.7 Å². The predicted molar refractivity (Wildman–Crippen MR) is 79.6 cm³/mol. The summed E-state index contributed by atoms with van der Waals surface area (Å²) < 4.78 is 31.8. The zero-order valence-electron chi connectivity index (χ0n) is 12.4. The minimum Gasteiger partial charge on any atom is -0.496 e. The number of likely N-dealkylation sites (N-methyl/N-ethyl adjacent to an activating group) is 1. The third kappa shape index (κ3) is 3.58. The molecule has 0 aliphatic carbocycles. The van der Waals surface area contributed by atoms with Gasteiger partial charge in [-0.1, -0.05) is 23.8 Å². The lowest BCUT2D eigenvalue weighted by Gasteiger charge is -2.19. The Kier molecular flexibility index (Phi) is 4.91. The van der Waals surface area contributed by atoms with E-state index in [9.17, 15) is 8.78 Å². The molecule has 0 bridgehead atoms. The average Bonchev–Trinajstić information content (AvgIpc) is 2.48. The summed E-state index contributed by atoms with van der Waals surface area (Å²) in [6.45, 7) is 2.01. The van der Waals surface area contributed by atoms with E-state index in [1.54, 1.807) is 20.2 Å². The SMILES string of the molecule is CNC(Cc1cc(C)ccc1OC)c1ccc(F)c(F)c1. The summed E-state index contributed by atoms with van der Waals surface area (Å²) in [6, 6.07) is 9.82. The average molecular weight is 291 g/mol. The number of ether oxygens (including phenoxy) is 1. The Balaban J connectivity index is 2.30. The molecule has 0 radical (unpaired) electrons. The molecule has 0 aliphatic rings. The monoisotopic (exact) mass is 291 g/mol. The highest BCUT2D eigenvalue weighted by Gasteiger charge is 2.15. The first kappa shape index (κ1) is 15.4. The van der Waals surface area contributed by atoms with Crippen LogP contribution in [0, 0.1) is 18.6 Å². The van der Waals surface area contributed by atoms with Crippen molar-refractivity contribution < 1.29 is 13.5 Å². The molecule has 0 heterocycles. The van der Waals surface area contributed by atoms with Gasteiger partial charge >= 0.3 is 0 Å². The van der Waals surface area contributed by atoms with Gasteiger partial charge in [-0.2, -0.15) is 0 Å². The van der Waals surface area contributed by atoms with Gasteiger partial charge in [0.1, 0.15) is 5.75 Å². The minimum absolute atomic E-state index is 0.115. The zero-order chi connectivity index (χ0) is 15.4. The number of aryl methyl sites for hydroxylation is 1. The molecule has 112 valence electrons. The Morgan fingerprint density at radius 1 is 1.10 bits per heavy atom. The van der Waals surface area contributed by atoms with Crippen molar-refractivity contribution in [3.8, 4) is 5.75 Å². The van der Waals surface area contributed by atoms with E-state index in [2.05, 4.69) is 5.32 Å². The number of halogens is 2. The van der Waals surface area contributed by atoms with Crippen LogP contribution in [0.4, 0.5) is 8.78 Å². The summed E-state index contributed by atoms with van der Waals surface area (Å²) in [5.74, 6) is -0.867. The summed E-state index contributed by atoms with van der Waals surface area (Å²) in [7, 11) is 3.42. The maximum atomic E-state index is 13.4. The standard InChI is InChI=1S/C17H19F2NO/c1-11-4-7-17(21-3)13(8-11)10-16(20-2)12-5-6-14(18)15(19)9-12/h4-9,16,20H,10H2,1-3H3. The van der Waals surface area contributed by atoms with Gasteiger partial charge in [0, 0.05) is 6.04 Å². The molecule has 2 nitrogen and oxygen atoms in total. The van der Waals surface area contributed by atoms with Crippen LogP contribution < -0.4 is 10.1 Å². The Hall–Kier alpha value is -1.94. The highest BCUT2D eigenvalue weighted by Crippen LogP contribution is 2.26. The highest BCUT2D eigenvalue weighted by atomic mass is 19.2. The molecule has 2 aromatic rings. The Bertz CT molecular complexity index is 628. The molecule has 0 spiro atoms. The Morgan fingerprint density at radius 3 is 2.48 bits per heavy atom. The minimum atomic E-state index is -0.832. The molecule has 0 aliphatic heterocycles. The van der Waals surface area contributed by atoms with Gasteiger partial charge in [0.25, 0.3) is 0 Å². The smallest absolute Gasteiger partial charge is 0.159 e. The summed E-state index contributed by atoms with van der Waals surface area (Å²) in [5, 5.41) is 3.14. The number of hydrogen-bond donors (Lipinski definition) is 1. The number of nitrogens with one attached hydrogen (secondary N) is 1. The van der Waals surface area contributed by atoms with Crippen LogP contribution in [0.25, 0.3) is 0 Å². The fourth-order valence-corrected chi connectivity index (χ4v) is 2.40. The molecule has 1 unspecified atom stereocenters. The molecule has 0 aromatic heterocycles. The van der Waals surface area contributed by atoms with Gasteiger partial charge in [-0.15, -0.1) is 0 Å². The quantitative estimate of drug-likeness (QED) is 0.905. The fraction of sp³-hybridized carbons (Fsp3) is 0.294. The van der Waals surface area contributed by atoms with Crippen molar-refractivity contribution in [1.82, 2.24) is 5.32 Å². The van der Waals surface area contributed by atoms with Crippen molar-refractivity contribution in [3.05, 3.63) is 64.7 Å². The lowest BCUT2D eigenvalue weighted by atomic mass is 9.97. The summed E-state index contributed by atoms with van der Waals surface area (Å²) in [4.78, 5) is 0. The van der Waals surface area contributed by atoms with Gasteiger partial charge in [-0.25, -0.2) is 8.78 Å². The molecule has 0 amide bonds. The summed E-state index contributed by atoms with van der Waals surface area (Å²) >= 11 is 0. The molecule has 0 saturated carbocycles. The van der Waals surface area contributed by atoms with E-state index in [0.717, 1.165) is 22.9 Å². The van der Waals surface area contributed by atoms with E-state index < -0.39 is 11.6 Å². The van der Waals surface area contributed by atoms with Gasteiger partial charge in [0.2, 0.25) is 0 Å². The molecule has 0 saturated heterocycles. The van der Waals surface area contributed by atoms with E-state index in [1.807, 2.05) is 25.1 Å². The van der Waals surface area contributed by atoms with E-state index in [4.69, 9.17) is 4.74 Å². The number of methoxy groups -OCH3 is 1. The molecule has 2 aromatic carbocycles. The largest absolute Gasteiger partial charge is 0.496 e. The molecular formula is C17H19F2NO. The maximum Gasteiger partial charge on any atom is 0.159 e. The fourth-order valence-electron chi connectivity index (χ4n) is 2.40. The van der Waals surface area contributed by atoms with Crippen LogP contribution >= 0.6 is 0 Å². The van der Waals surface area contributed by atoms with E-state index in [-0.39, 0.29) is 6.04 Å². The van der Waals surface area contributed by atoms with Gasteiger partial charge in [0.05, 0.1) is 7.11 Å². The van der Waals surface area contributed by atoms with Crippen LogP contribution in [0.1, 0.15) is 22.7 Å². The maximum absolute atomic E-state index is 13.4. The van der Waals surface area contributed by atoms with Crippen molar-refractivity contribution in [3.63, 3.8) is 0 Å². The first-order valence-corrected chi connectivity index (χ1v) is 6.81. The van der Waals surface area contributed by atoms with Crippen LogP contribution in [0.15, 0.2) is 36.4 Å². The van der Waals surface area contributed by atoms with E-state index in [1.165, 1.54) is 6.07 Å². The van der Waals surface area contributed by atoms with E-state index >= 15 is 0 Å². The number of hydrogen-bond acceptors (Lipinski definition) is 2. The van der Waals surface area contributed by atoms with Crippen LogP contribution in [0.2, 0.25) is 0 Å². The van der Waals surface area contributed by atoms with Gasteiger partial charge in [0.15, 0.2) is 11.6 Å². The van der Waals surface area contributed by atoms with Crippen LogP contribution in [0.5, 0.6) is 5.75 Å². The Labute approximate surface area is 123 Å². The molecule has 1 N–H and O–H groups in total. The number of benzene rings is 2. The summed E-state index contributed by atoms with van der Waals surface area (Å²) in [6.07, 6.45) is 0.631. The highest BCUT2D eigenvalue weighted by molar-refractivity contribution is 5.38. The lowest BCUT2D eigenvalue weighted by molar-refractivity contribution is 0.406. The second-order valence-corrected chi connectivity index (χ2v) is 5.03. The second-order valence-electron chi connectivity index (χ2n) is 5.03. The van der Waals surface area contributed by atoms with Crippen molar-refractivity contribution >= 4 is 0 Å². The second kappa shape index (κ2) is 6.68. The molecule has 21 heavy (non-hydrogen) atoms. The van der Waals surface area contributed by atoms with Crippen LogP contribution in [0.3, 0.4) is 0 Å². The van der Waals surface area contributed by atoms with E-state index in [0.29, 0.717) is 12.0 Å². The van der Waals surface area contributed by atoms with Gasteiger partial charge in [-0.3, -0.25) is 0 Å². The van der Waals surface area contributed by atoms with Gasteiger partial charge < -0.3 is 10.1 Å². The van der Waals surface area contributed by atoms with Crippen molar-refractivity contribution in [2.45, 2.75) is 19.4 Å². The van der Waals surface area contributed by atoms with Crippen LogP contribution in [-0.4, -0.2) is 14.2 Å². The molecule has 4 heteroatoms. The molecular weight excluding hydrogens is 272 g/mol. The topological polar surface area (TPSA) is 21.3 Å². The van der Waals surface area contributed by atoms with Crippen molar-refractivity contribution in [1.29, 1.82) is 0 Å². The van der Waals surface area contributed by atoms with Crippen LogP contribution in [-0.2, 0) is 6.42 Å². The first-order chi connectivity index (χ1) is 10.0. The Morgan fingerprint density at radius 2 is 1.86 bits per heavy atom. The third-order valence-corrected chi connectivity index (χ3v) is 3.55. The zero-order valence-corrected chi connectivity index (χ0v) is 12.4. The predicted octanol–water partition coefficient (Wildman–Crippen LogP) is 3.79. The molecule has 0 fully saturated rings. The third-order valence-electron chi connectivity index (χ3n) is 3.55. The summed E-state index contributed by atoms with van der Waals surface area (Å²) in [5.41, 5.74) is 2.87. The number of rotatable bonds is 5. The molecule has 1 atom stereocenters. The normalized spacial score (nSPS) is 12.2. The van der Waals surface area contributed by atoms with Crippen molar-refractivity contribution in [2.75, 3.05) is 14.2 Å². The molecule has 2 rings (SSSR count). The lowest BCUT2D eigenvalue weighted by Crippen LogP contribution is -2.19.